The maximum atomic E-state index is 12.5. The molecule has 3 heterocycles. The van der Waals surface area contributed by atoms with Gasteiger partial charge in [0, 0.05) is 50.7 Å². The van der Waals surface area contributed by atoms with Crippen molar-refractivity contribution in [2.75, 3.05) is 13.2 Å². The average molecular weight is 511 g/mol. The highest BCUT2D eigenvalue weighted by Gasteiger charge is 2.26. The van der Waals surface area contributed by atoms with E-state index in [2.05, 4.69) is 16.0 Å². The number of carbonyl (C=O) groups is 1. The third kappa shape index (κ3) is 6.29. The lowest BCUT2D eigenvalue weighted by molar-refractivity contribution is -0.152. The number of benzene rings is 1. The summed E-state index contributed by atoms with van der Waals surface area (Å²) in [5.74, 6) is 0.821. The molecule has 4 rings (SSSR count). The minimum Gasteiger partial charge on any atom is -0.462 e. The zero-order valence-electron chi connectivity index (χ0n) is 22.4. The Morgan fingerprint density at radius 1 is 1.24 bits per heavy atom. The third-order valence-electron chi connectivity index (χ3n) is 6.83. The highest BCUT2D eigenvalue weighted by Crippen LogP contribution is 2.29. The molecule has 3 aromatic rings. The van der Waals surface area contributed by atoms with Crippen LogP contribution in [-0.2, 0) is 34.4 Å². The molecule has 1 aliphatic rings. The van der Waals surface area contributed by atoms with Crippen LogP contribution in [0.3, 0.4) is 0 Å². The van der Waals surface area contributed by atoms with E-state index >= 15 is 0 Å². The van der Waals surface area contributed by atoms with Gasteiger partial charge in [0.1, 0.15) is 11.9 Å². The van der Waals surface area contributed by atoms with Crippen molar-refractivity contribution in [3.8, 4) is 11.4 Å². The van der Waals surface area contributed by atoms with Crippen molar-refractivity contribution >= 4 is 17.0 Å². The van der Waals surface area contributed by atoms with Crippen molar-refractivity contribution in [1.29, 1.82) is 0 Å². The lowest BCUT2D eigenvalue weighted by Crippen LogP contribution is -2.46. The number of ether oxygens (including phenoxy) is 2. The molecule has 0 saturated carbocycles. The average Bonchev–Trinajstić information content (AvgIpc) is 3.20. The van der Waals surface area contributed by atoms with Gasteiger partial charge in [0.2, 0.25) is 0 Å². The summed E-state index contributed by atoms with van der Waals surface area (Å²) in [6.45, 7) is 9.67. The molecule has 1 aliphatic heterocycles. The summed E-state index contributed by atoms with van der Waals surface area (Å²) in [6, 6.07) is 7.12. The van der Waals surface area contributed by atoms with Crippen LogP contribution >= 0.6 is 0 Å². The van der Waals surface area contributed by atoms with Crippen LogP contribution < -0.4 is 10.9 Å². The lowest BCUT2D eigenvalue weighted by atomic mass is 10.00. The minimum absolute atomic E-state index is 0.0205. The van der Waals surface area contributed by atoms with Crippen LogP contribution in [0.25, 0.3) is 22.4 Å². The molecular formula is C28H38N4O5. The zero-order chi connectivity index (χ0) is 26.7. The van der Waals surface area contributed by atoms with E-state index < -0.39 is 18.1 Å². The Kier molecular flexibility index (Phi) is 8.46. The maximum Gasteiger partial charge on any atom is 0.326 e. The highest BCUT2D eigenvalue weighted by molar-refractivity contribution is 5.81. The van der Waals surface area contributed by atoms with E-state index in [0.717, 1.165) is 60.6 Å². The number of nitrogens with zero attached hydrogens (tertiary/aromatic N) is 3. The second-order valence-corrected chi connectivity index (χ2v) is 10.3. The first-order chi connectivity index (χ1) is 17.6. The number of rotatable bonds is 9. The number of aliphatic hydroxyl groups is 1. The van der Waals surface area contributed by atoms with Gasteiger partial charge in [-0.2, -0.15) is 0 Å². The molecule has 37 heavy (non-hydrogen) atoms. The SMILES string of the molecule is Cc1cc(-c2nc3ccc(CNC(C(=O)OC(C)C)C(C)O)cc3n2CC2CCOCC2)cn(C)c1=O. The van der Waals surface area contributed by atoms with Crippen molar-refractivity contribution in [2.45, 2.75) is 71.9 Å². The van der Waals surface area contributed by atoms with E-state index in [4.69, 9.17) is 14.5 Å². The summed E-state index contributed by atoms with van der Waals surface area (Å²) >= 11 is 0. The quantitative estimate of drug-likeness (QED) is 0.426. The van der Waals surface area contributed by atoms with Crippen LogP contribution in [0, 0.1) is 12.8 Å². The third-order valence-corrected chi connectivity index (χ3v) is 6.83. The number of esters is 1. The number of pyridine rings is 1. The van der Waals surface area contributed by atoms with E-state index in [9.17, 15) is 14.7 Å². The van der Waals surface area contributed by atoms with Gasteiger partial charge in [0.15, 0.2) is 0 Å². The van der Waals surface area contributed by atoms with Gasteiger partial charge >= 0.3 is 5.97 Å². The number of aryl methyl sites for hydroxylation is 2. The largest absolute Gasteiger partial charge is 0.462 e. The smallest absolute Gasteiger partial charge is 0.326 e. The lowest BCUT2D eigenvalue weighted by Gasteiger charge is -2.24. The Balaban J connectivity index is 1.69. The second-order valence-electron chi connectivity index (χ2n) is 10.3. The number of carbonyl (C=O) groups excluding carboxylic acids is 1. The topological polar surface area (TPSA) is 108 Å². The zero-order valence-corrected chi connectivity index (χ0v) is 22.4. The summed E-state index contributed by atoms with van der Waals surface area (Å²) in [7, 11) is 1.76. The number of hydrogen-bond acceptors (Lipinski definition) is 7. The number of fused-ring (bicyclic) bond motifs is 1. The molecule has 0 radical (unpaired) electrons. The Hall–Kier alpha value is -3.01. The number of nitrogens with one attached hydrogen (secondary N) is 1. The molecule has 200 valence electrons. The molecule has 2 aromatic heterocycles. The van der Waals surface area contributed by atoms with E-state index in [1.165, 1.54) is 0 Å². The van der Waals surface area contributed by atoms with Gasteiger partial charge in [-0.25, -0.2) is 4.98 Å². The van der Waals surface area contributed by atoms with Crippen molar-refractivity contribution in [3.05, 3.63) is 51.9 Å². The summed E-state index contributed by atoms with van der Waals surface area (Å²) in [5, 5.41) is 13.3. The van der Waals surface area contributed by atoms with Gasteiger partial charge in [0.25, 0.3) is 5.56 Å². The monoisotopic (exact) mass is 510 g/mol. The molecule has 1 fully saturated rings. The molecule has 0 bridgehead atoms. The van der Waals surface area contributed by atoms with Gasteiger partial charge in [0.05, 0.1) is 23.2 Å². The van der Waals surface area contributed by atoms with Gasteiger partial charge < -0.3 is 23.7 Å². The normalized spacial score (nSPS) is 16.3. The van der Waals surface area contributed by atoms with Crippen LogP contribution in [0.2, 0.25) is 0 Å². The summed E-state index contributed by atoms with van der Waals surface area (Å²) in [4.78, 5) is 29.7. The predicted molar refractivity (Wildman–Crippen MR) is 142 cm³/mol. The highest BCUT2D eigenvalue weighted by atomic mass is 16.5. The molecule has 0 aliphatic carbocycles. The van der Waals surface area contributed by atoms with Gasteiger partial charge in [-0.05, 0) is 70.2 Å². The molecule has 2 unspecified atom stereocenters. The van der Waals surface area contributed by atoms with Gasteiger partial charge in [-0.15, -0.1) is 0 Å². The summed E-state index contributed by atoms with van der Waals surface area (Å²) in [5.41, 5.74) is 4.37. The minimum atomic E-state index is -0.895. The molecule has 9 heteroatoms. The Labute approximate surface area is 217 Å². The van der Waals surface area contributed by atoms with Crippen LogP contribution in [0.4, 0.5) is 0 Å². The van der Waals surface area contributed by atoms with Gasteiger partial charge in [-0.1, -0.05) is 6.07 Å². The fourth-order valence-corrected chi connectivity index (χ4v) is 4.85. The van der Waals surface area contributed by atoms with E-state index in [0.29, 0.717) is 18.0 Å². The molecule has 0 amide bonds. The first kappa shape index (κ1) is 27.0. The first-order valence-electron chi connectivity index (χ1n) is 13.0. The number of hydrogen-bond donors (Lipinski definition) is 2. The molecule has 0 spiro atoms. The fraction of sp³-hybridized carbons (Fsp3) is 0.536. The van der Waals surface area contributed by atoms with Crippen molar-refractivity contribution < 1.29 is 19.4 Å². The molecule has 9 nitrogen and oxygen atoms in total. The van der Waals surface area contributed by atoms with E-state index in [-0.39, 0.29) is 11.7 Å². The van der Waals surface area contributed by atoms with Crippen molar-refractivity contribution in [3.63, 3.8) is 0 Å². The Bertz CT molecular complexity index is 1280. The summed E-state index contributed by atoms with van der Waals surface area (Å²) in [6.07, 6.45) is 2.66. The molecular weight excluding hydrogens is 472 g/mol. The van der Waals surface area contributed by atoms with E-state index in [1.807, 2.05) is 31.3 Å². The van der Waals surface area contributed by atoms with Gasteiger partial charge in [-0.3, -0.25) is 14.9 Å². The van der Waals surface area contributed by atoms with E-state index in [1.54, 1.807) is 32.4 Å². The Morgan fingerprint density at radius 3 is 2.62 bits per heavy atom. The second kappa shape index (κ2) is 11.6. The molecule has 2 atom stereocenters. The molecule has 1 saturated heterocycles. The van der Waals surface area contributed by atoms with Crippen molar-refractivity contribution in [2.24, 2.45) is 13.0 Å². The van der Waals surface area contributed by atoms with Crippen LogP contribution in [0.15, 0.2) is 35.3 Å². The maximum absolute atomic E-state index is 12.5. The standard InChI is InChI=1S/C28H38N4O5/c1-17(2)37-28(35)25(19(4)33)29-14-21-6-7-23-24(13-21)32(15-20-8-10-36-11-9-20)26(30-23)22-12-18(3)27(34)31(5)16-22/h6-7,12-13,16-17,19-20,25,29,33H,8-11,14-15H2,1-5H3. The number of aliphatic hydroxyl groups excluding tert-OH is 1. The van der Waals surface area contributed by atoms with Crippen LogP contribution in [0.5, 0.6) is 0 Å². The van der Waals surface area contributed by atoms with Crippen LogP contribution in [0.1, 0.15) is 44.7 Å². The fourth-order valence-electron chi connectivity index (χ4n) is 4.85. The van der Waals surface area contributed by atoms with Crippen molar-refractivity contribution in [1.82, 2.24) is 19.4 Å². The number of aromatic nitrogens is 3. The predicted octanol–water partition coefficient (Wildman–Crippen LogP) is 2.93. The molecule has 2 N–H and O–H groups in total. The summed E-state index contributed by atoms with van der Waals surface area (Å²) < 4.78 is 14.7. The molecule has 1 aromatic carbocycles. The van der Waals surface area contributed by atoms with Crippen LogP contribution in [-0.4, -0.2) is 56.7 Å². The Morgan fingerprint density at radius 2 is 1.97 bits per heavy atom. The first-order valence-corrected chi connectivity index (χ1v) is 13.0. The number of imidazole rings is 1.